The Hall–Kier alpha value is -2.48. The first-order valence-electron chi connectivity index (χ1n) is 8.86. The lowest BCUT2D eigenvalue weighted by Crippen LogP contribution is -2.33. The van der Waals surface area contributed by atoms with Crippen LogP contribution < -0.4 is 4.90 Å². The Labute approximate surface area is 154 Å². The van der Waals surface area contributed by atoms with Gasteiger partial charge in [-0.05, 0) is 34.4 Å². The van der Waals surface area contributed by atoms with Crippen LogP contribution in [0.3, 0.4) is 0 Å². The van der Waals surface area contributed by atoms with Crippen LogP contribution in [0.5, 0.6) is 0 Å². The third-order valence-electron chi connectivity index (χ3n) is 5.07. The number of anilines is 1. The predicted octanol–water partition coefficient (Wildman–Crippen LogP) is 1.23. The standard InChI is InChI=1S/C18H27N7O/c1-12-13(2)21-16(18(26)24(5)10-14-8-19-20-9-14)22-17(12)25-7-6-15(11-25)23(3)4/h8-9,15H,6-7,10-11H2,1-5H3,(H,19,20)/t15-/m1/s1. The van der Waals surface area contributed by atoms with Crippen molar-refractivity contribution in [3.8, 4) is 0 Å². The van der Waals surface area contributed by atoms with Crippen LogP contribution in [0.4, 0.5) is 5.82 Å². The Kier molecular flexibility index (Phi) is 5.22. The molecule has 0 spiro atoms. The van der Waals surface area contributed by atoms with E-state index in [9.17, 15) is 4.79 Å². The van der Waals surface area contributed by atoms with Gasteiger partial charge >= 0.3 is 0 Å². The molecular weight excluding hydrogens is 330 g/mol. The van der Waals surface area contributed by atoms with Gasteiger partial charge in [0.15, 0.2) is 0 Å². The van der Waals surface area contributed by atoms with Gasteiger partial charge in [-0.3, -0.25) is 9.89 Å². The molecule has 0 aliphatic carbocycles. The Morgan fingerprint density at radius 3 is 2.69 bits per heavy atom. The van der Waals surface area contributed by atoms with E-state index in [0.717, 1.165) is 42.1 Å². The highest BCUT2D eigenvalue weighted by atomic mass is 16.2. The molecule has 1 aliphatic rings. The second-order valence-corrected chi connectivity index (χ2v) is 7.20. The Bertz CT molecular complexity index is 772. The zero-order chi connectivity index (χ0) is 18.8. The van der Waals surface area contributed by atoms with Crippen LogP contribution in [0.1, 0.15) is 33.9 Å². The highest BCUT2D eigenvalue weighted by molar-refractivity contribution is 5.90. The van der Waals surface area contributed by atoms with Gasteiger partial charge in [0.1, 0.15) is 5.82 Å². The summed E-state index contributed by atoms with van der Waals surface area (Å²) in [5.41, 5.74) is 2.83. The minimum absolute atomic E-state index is 0.182. The van der Waals surface area contributed by atoms with Gasteiger partial charge in [-0.1, -0.05) is 0 Å². The molecule has 1 saturated heterocycles. The summed E-state index contributed by atoms with van der Waals surface area (Å²) in [7, 11) is 5.96. The minimum Gasteiger partial charge on any atom is -0.355 e. The number of H-pyrrole nitrogens is 1. The second kappa shape index (κ2) is 7.41. The van der Waals surface area contributed by atoms with Gasteiger partial charge in [0.2, 0.25) is 5.82 Å². The number of aryl methyl sites for hydroxylation is 1. The largest absolute Gasteiger partial charge is 0.355 e. The zero-order valence-corrected chi connectivity index (χ0v) is 16.2. The number of nitrogens with one attached hydrogen (secondary N) is 1. The lowest BCUT2D eigenvalue weighted by Gasteiger charge is -2.24. The van der Waals surface area contributed by atoms with E-state index in [1.54, 1.807) is 24.3 Å². The summed E-state index contributed by atoms with van der Waals surface area (Å²) in [5.74, 6) is 0.947. The fourth-order valence-corrected chi connectivity index (χ4v) is 3.25. The maximum Gasteiger partial charge on any atom is 0.291 e. The van der Waals surface area contributed by atoms with Crippen molar-refractivity contribution in [1.29, 1.82) is 0 Å². The van der Waals surface area contributed by atoms with Crippen molar-refractivity contribution in [2.45, 2.75) is 32.9 Å². The predicted molar refractivity (Wildman–Crippen MR) is 100 cm³/mol. The normalized spacial score (nSPS) is 17.2. The van der Waals surface area contributed by atoms with Crippen LogP contribution in [0.15, 0.2) is 12.4 Å². The molecule has 0 unspecified atom stereocenters. The topological polar surface area (TPSA) is 81.2 Å². The molecule has 1 aliphatic heterocycles. The molecule has 0 radical (unpaired) electrons. The Morgan fingerprint density at radius 2 is 2.08 bits per heavy atom. The molecule has 8 nitrogen and oxygen atoms in total. The molecule has 3 rings (SSSR count). The van der Waals surface area contributed by atoms with Crippen molar-refractivity contribution >= 4 is 11.7 Å². The molecule has 2 aromatic heterocycles. The monoisotopic (exact) mass is 357 g/mol. The summed E-state index contributed by atoms with van der Waals surface area (Å²) in [6.07, 6.45) is 4.59. The molecule has 0 aromatic carbocycles. The molecule has 1 N–H and O–H groups in total. The number of likely N-dealkylation sites (N-methyl/N-ethyl adjacent to an activating group) is 1. The highest BCUT2D eigenvalue weighted by Crippen LogP contribution is 2.25. The Balaban J connectivity index is 1.82. The van der Waals surface area contributed by atoms with Crippen molar-refractivity contribution in [3.05, 3.63) is 35.0 Å². The van der Waals surface area contributed by atoms with Crippen LogP contribution >= 0.6 is 0 Å². The van der Waals surface area contributed by atoms with E-state index >= 15 is 0 Å². The SMILES string of the molecule is Cc1nc(C(=O)N(C)Cc2cn[nH]c2)nc(N2CC[C@@H](N(C)C)C2)c1C. The smallest absolute Gasteiger partial charge is 0.291 e. The number of carbonyl (C=O) groups excluding carboxylic acids is 1. The number of aromatic nitrogens is 4. The van der Waals surface area contributed by atoms with Crippen LogP contribution in [0.25, 0.3) is 0 Å². The summed E-state index contributed by atoms with van der Waals surface area (Å²) < 4.78 is 0. The van der Waals surface area contributed by atoms with Crippen molar-refractivity contribution in [3.63, 3.8) is 0 Å². The minimum atomic E-state index is -0.182. The van der Waals surface area contributed by atoms with E-state index in [0.29, 0.717) is 12.6 Å². The summed E-state index contributed by atoms with van der Waals surface area (Å²) >= 11 is 0. The van der Waals surface area contributed by atoms with Gasteiger partial charge in [-0.25, -0.2) is 9.97 Å². The molecule has 2 aromatic rings. The fourth-order valence-electron chi connectivity index (χ4n) is 3.25. The van der Waals surface area contributed by atoms with Crippen LogP contribution in [0.2, 0.25) is 0 Å². The number of rotatable bonds is 5. The number of amides is 1. The van der Waals surface area contributed by atoms with Gasteiger partial charge in [-0.15, -0.1) is 0 Å². The number of aromatic amines is 1. The maximum absolute atomic E-state index is 12.8. The zero-order valence-electron chi connectivity index (χ0n) is 16.2. The maximum atomic E-state index is 12.8. The van der Waals surface area contributed by atoms with Crippen molar-refractivity contribution in [2.24, 2.45) is 0 Å². The highest BCUT2D eigenvalue weighted by Gasteiger charge is 2.28. The van der Waals surface area contributed by atoms with Crippen molar-refractivity contribution in [1.82, 2.24) is 30.0 Å². The number of hydrogen-bond acceptors (Lipinski definition) is 6. The van der Waals surface area contributed by atoms with Gasteiger partial charge in [-0.2, -0.15) is 5.10 Å². The third kappa shape index (κ3) is 3.70. The van der Waals surface area contributed by atoms with Crippen LogP contribution in [-0.2, 0) is 6.54 Å². The average Bonchev–Trinajstić information content (AvgIpc) is 3.28. The van der Waals surface area contributed by atoms with Gasteiger partial charge in [0.05, 0.1) is 6.20 Å². The van der Waals surface area contributed by atoms with Gasteiger partial charge in [0.25, 0.3) is 5.91 Å². The average molecular weight is 357 g/mol. The third-order valence-corrected chi connectivity index (χ3v) is 5.07. The fraction of sp³-hybridized carbons (Fsp3) is 0.556. The van der Waals surface area contributed by atoms with Crippen molar-refractivity contribution in [2.75, 3.05) is 39.1 Å². The first-order chi connectivity index (χ1) is 12.4. The molecule has 3 heterocycles. The lowest BCUT2D eigenvalue weighted by molar-refractivity contribution is 0.0772. The first kappa shape index (κ1) is 18.3. The van der Waals surface area contributed by atoms with E-state index in [2.05, 4.69) is 44.1 Å². The molecule has 0 saturated carbocycles. The quantitative estimate of drug-likeness (QED) is 0.867. The van der Waals surface area contributed by atoms with Crippen LogP contribution in [0, 0.1) is 13.8 Å². The molecule has 1 fully saturated rings. The lowest BCUT2D eigenvalue weighted by atomic mass is 10.2. The van der Waals surface area contributed by atoms with Gasteiger partial charge < -0.3 is 14.7 Å². The van der Waals surface area contributed by atoms with Gasteiger partial charge in [0, 0.05) is 55.7 Å². The van der Waals surface area contributed by atoms with E-state index in [-0.39, 0.29) is 11.7 Å². The number of carbonyl (C=O) groups is 1. The van der Waals surface area contributed by atoms with E-state index in [4.69, 9.17) is 0 Å². The van der Waals surface area contributed by atoms with E-state index in [1.807, 2.05) is 13.8 Å². The molecule has 8 heteroatoms. The van der Waals surface area contributed by atoms with E-state index in [1.165, 1.54) is 0 Å². The molecular formula is C18H27N7O. The summed E-state index contributed by atoms with van der Waals surface area (Å²) in [6.45, 7) is 6.29. The number of nitrogens with zero attached hydrogens (tertiary/aromatic N) is 6. The first-order valence-corrected chi connectivity index (χ1v) is 8.86. The molecule has 0 bridgehead atoms. The molecule has 26 heavy (non-hydrogen) atoms. The number of hydrogen-bond donors (Lipinski definition) is 1. The summed E-state index contributed by atoms with van der Waals surface area (Å²) in [6, 6.07) is 0.507. The van der Waals surface area contributed by atoms with Crippen molar-refractivity contribution < 1.29 is 4.79 Å². The van der Waals surface area contributed by atoms with Crippen LogP contribution in [-0.4, -0.2) is 76.1 Å². The molecule has 1 amide bonds. The summed E-state index contributed by atoms with van der Waals surface area (Å²) in [5, 5.41) is 6.68. The molecule has 140 valence electrons. The summed E-state index contributed by atoms with van der Waals surface area (Å²) in [4.78, 5) is 28.0. The Morgan fingerprint density at radius 1 is 1.31 bits per heavy atom. The molecule has 1 atom stereocenters. The second-order valence-electron chi connectivity index (χ2n) is 7.20. The van der Waals surface area contributed by atoms with E-state index < -0.39 is 0 Å².